The number of amides is 1. The second-order valence-corrected chi connectivity index (χ2v) is 6.90. The third-order valence-corrected chi connectivity index (χ3v) is 4.42. The van der Waals surface area contributed by atoms with Crippen molar-refractivity contribution in [2.24, 2.45) is 0 Å². The van der Waals surface area contributed by atoms with Crippen LogP contribution in [0.3, 0.4) is 0 Å². The molecule has 32 heavy (non-hydrogen) atoms. The first kappa shape index (κ1) is 23.0. The summed E-state index contributed by atoms with van der Waals surface area (Å²) >= 11 is 5.70. The fourth-order valence-electron chi connectivity index (χ4n) is 2.81. The molecule has 2 N–H and O–H groups in total. The van der Waals surface area contributed by atoms with E-state index in [0.717, 1.165) is 24.5 Å². The summed E-state index contributed by atoms with van der Waals surface area (Å²) in [7, 11) is 0. The molecule has 0 aliphatic rings. The molecule has 0 fully saturated rings. The number of nitro benzene ring substituents is 1. The quantitative estimate of drug-likeness (QED) is 0.297. The van der Waals surface area contributed by atoms with Crippen LogP contribution in [0.2, 0.25) is 5.02 Å². The number of carbonyl (C=O) groups excluding carboxylic acids is 1. The number of anilines is 2. The highest BCUT2D eigenvalue weighted by atomic mass is 35.5. The minimum absolute atomic E-state index is 0.0398. The van der Waals surface area contributed by atoms with E-state index in [1.165, 1.54) is 19.1 Å². The smallest absolute Gasteiger partial charge is 0.418 e. The molecule has 1 aromatic heterocycles. The third-order valence-electron chi connectivity index (χ3n) is 4.19. The number of rotatable bonds is 7. The molecular formula is C19H15ClF3N5O4. The number of nitrogens with zero attached hydrogens (tertiary/aromatic N) is 3. The van der Waals surface area contributed by atoms with Crippen LogP contribution in [-0.2, 0) is 11.0 Å². The molecule has 0 bridgehead atoms. The summed E-state index contributed by atoms with van der Waals surface area (Å²) < 4.78 is 45.6. The van der Waals surface area contributed by atoms with Gasteiger partial charge in [0.25, 0.3) is 0 Å². The second-order valence-electron chi connectivity index (χ2n) is 6.46. The van der Waals surface area contributed by atoms with Gasteiger partial charge in [0.15, 0.2) is 5.75 Å². The normalized spacial score (nSPS) is 11.3. The maximum Gasteiger partial charge on any atom is 0.418 e. The Morgan fingerprint density at radius 3 is 2.66 bits per heavy atom. The Hall–Kier alpha value is -3.67. The number of benzene rings is 2. The number of aromatic nitrogens is 2. The predicted octanol–water partition coefficient (Wildman–Crippen LogP) is 4.47. The van der Waals surface area contributed by atoms with Gasteiger partial charge in [0.2, 0.25) is 5.91 Å². The van der Waals surface area contributed by atoms with Crippen LogP contribution in [0, 0.1) is 10.1 Å². The number of nitrogens with one attached hydrogen (secondary N) is 2. The maximum absolute atomic E-state index is 13.4. The Bertz CT molecular complexity index is 1190. The van der Waals surface area contributed by atoms with Crippen LogP contribution in [0.4, 0.5) is 30.4 Å². The molecule has 0 unspecified atom stereocenters. The molecule has 1 amide bonds. The summed E-state index contributed by atoms with van der Waals surface area (Å²) in [6.45, 7) is 1.40. The van der Waals surface area contributed by atoms with Crippen LogP contribution in [-0.4, -0.2) is 34.0 Å². The van der Waals surface area contributed by atoms with Gasteiger partial charge in [-0.1, -0.05) is 11.6 Å². The number of nitro groups is 1. The highest BCUT2D eigenvalue weighted by molar-refractivity contribution is 6.30. The van der Waals surface area contributed by atoms with Crippen LogP contribution < -0.4 is 15.4 Å². The number of hydrogen-bond donors (Lipinski definition) is 2. The lowest BCUT2D eigenvalue weighted by atomic mass is 10.1. The van der Waals surface area contributed by atoms with Crippen LogP contribution in [0.5, 0.6) is 5.75 Å². The first-order valence-corrected chi connectivity index (χ1v) is 9.38. The highest BCUT2D eigenvalue weighted by Gasteiger charge is 2.34. The summed E-state index contributed by atoms with van der Waals surface area (Å²) in [5.41, 5.74) is -1.60. The molecule has 13 heteroatoms. The molecular weight excluding hydrogens is 455 g/mol. The molecule has 9 nitrogen and oxygen atoms in total. The maximum atomic E-state index is 13.4. The standard InChI is InChI=1S/C19H15ClF3N5O4/c1-10(29)24-4-5-32-17-8-15-12(7-16(17)28(30)31)18(26-9-25-15)27-14-3-2-11(20)6-13(14)19(21,22)23/h2-3,6-9H,4-5H2,1H3,(H,24,29)(H,25,26,27). The molecule has 168 valence electrons. The zero-order valence-corrected chi connectivity index (χ0v) is 17.1. The van der Waals surface area contributed by atoms with E-state index in [1.54, 1.807) is 0 Å². The minimum atomic E-state index is -4.70. The van der Waals surface area contributed by atoms with Crippen molar-refractivity contribution in [3.63, 3.8) is 0 Å². The molecule has 0 radical (unpaired) electrons. The Morgan fingerprint density at radius 2 is 2.00 bits per heavy atom. The zero-order chi connectivity index (χ0) is 23.5. The van der Waals surface area contributed by atoms with Gasteiger partial charge < -0.3 is 15.4 Å². The van der Waals surface area contributed by atoms with Gasteiger partial charge in [0, 0.05) is 24.1 Å². The Morgan fingerprint density at radius 1 is 1.25 bits per heavy atom. The Balaban J connectivity index is 2.01. The average Bonchev–Trinajstić information content (AvgIpc) is 2.71. The van der Waals surface area contributed by atoms with Gasteiger partial charge in [-0.25, -0.2) is 9.97 Å². The first-order valence-electron chi connectivity index (χ1n) is 9.00. The van der Waals surface area contributed by atoms with Crippen LogP contribution >= 0.6 is 11.6 Å². The monoisotopic (exact) mass is 469 g/mol. The van der Waals surface area contributed by atoms with Gasteiger partial charge in [-0.3, -0.25) is 14.9 Å². The van der Waals surface area contributed by atoms with Gasteiger partial charge in [-0.2, -0.15) is 13.2 Å². The van der Waals surface area contributed by atoms with E-state index in [-0.39, 0.29) is 52.2 Å². The van der Waals surface area contributed by atoms with Gasteiger partial charge in [0.05, 0.1) is 33.6 Å². The Labute approximate surface area is 183 Å². The van der Waals surface area contributed by atoms with Crippen LogP contribution in [0.15, 0.2) is 36.7 Å². The van der Waals surface area contributed by atoms with E-state index in [2.05, 4.69) is 20.6 Å². The third kappa shape index (κ3) is 5.32. The molecule has 2 aromatic carbocycles. The minimum Gasteiger partial charge on any atom is -0.485 e. The number of fused-ring (bicyclic) bond motifs is 1. The number of alkyl halides is 3. The summed E-state index contributed by atoms with van der Waals surface area (Å²) in [6, 6.07) is 5.55. The molecule has 0 saturated heterocycles. The molecule has 0 saturated carbocycles. The number of hydrogen-bond acceptors (Lipinski definition) is 7. The van der Waals surface area contributed by atoms with E-state index in [0.29, 0.717) is 0 Å². The fourth-order valence-corrected chi connectivity index (χ4v) is 2.98. The van der Waals surface area contributed by atoms with Crippen molar-refractivity contribution in [3.8, 4) is 5.75 Å². The van der Waals surface area contributed by atoms with Crippen molar-refractivity contribution >= 4 is 45.6 Å². The van der Waals surface area contributed by atoms with Gasteiger partial charge in [0.1, 0.15) is 18.8 Å². The van der Waals surface area contributed by atoms with E-state index in [4.69, 9.17) is 16.3 Å². The van der Waals surface area contributed by atoms with Crippen molar-refractivity contribution in [1.29, 1.82) is 0 Å². The molecule has 0 aliphatic heterocycles. The molecule has 3 aromatic rings. The number of carbonyl (C=O) groups is 1. The molecule has 0 aliphatic carbocycles. The van der Waals surface area contributed by atoms with E-state index >= 15 is 0 Å². The van der Waals surface area contributed by atoms with Gasteiger partial charge in [-0.15, -0.1) is 0 Å². The summed E-state index contributed by atoms with van der Waals surface area (Å²) in [4.78, 5) is 29.7. The SMILES string of the molecule is CC(=O)NCCOc1cc2ncnc(Nc3ccc(Cl)cc3C(F)(F)F)c2cc1[N+](=O)[O-]. The lowest BCUT2D eigenvalue weighted by molar-refractivity contribution is -0.385. The topological polar surface area (TPSA) is 119 Å². The average molecular weight is 470 g/mol. The zero-order valence-electron chi connectivity index (χ0n) is 16.4. The van der Waals surface area contributed by atoms with E-state index in [9.17, 15) is 28.1 Å². The van der Waals surface area contributed by atoms with Gasteiger partial charge in [-0.05, 0) is 18.2 Å². The molecule has 1 heterocycles. The predicted molar refractivity (Wildman–Crippen MR) is 110 cm³/mol. The largest absolute Gasteiger partial charge is 0.485 e. The van der Waals surface area contributed by atoms with Crippen LogP contribution in [0.1, 0.15) is 12.5 Å². The van der Waals surface area contributed by atoms with Gasteiger partial charge >= 0.3 is 11.9 Å². The highest BCUT2D eigenvalue weighted by Crippen LogP contribution is 2.39. The van der Waals surface area contributed by atoms with E-state index < -0.39 is 22.4 Å². The van der Waals surface area contributed by atoms with Crippen molar-refractivity contribution in [2.45, 2.75) is 13.1 Å². The van der Waals surface area contributed by atoms with E-state index in [1.807, 2.05) is 0 Å². The molecule has 0 atom stereocenters. The molecule has 0 spiro atoms. The van der Waals surface area contributed by atoms with Crippen molar-refractivity contribution in [1.82, 2.24) is 15.3 Å². The second kappa shape index (κ2) is 9.22. The summed E-state index contributed by atoms with van der Waals surface area (Å²) in [5, 5.41) is 16.6. The lowest BCUT2D eigenvalue weighted by Gasteiger charge is -2.15. The Kier molecular flexibility index (Phi) is 6.63. The number of ether oxygens (including phenoxy) is 1. The van der Waals surface area contributed by atoms with Crippen molar-refractivity contribution < 1.29 is 27.6 Å². The first-order chi connectivity index (χ1) is 15.1. The van der Waals surface area contributed by atoms with Crippen molar-refractivity contribution in [3.05, 3.63) is 57.4 Å². The summed E-state index contributed by atoms with van der Waals surface area (Å²) in [6.07, 6.45) is -3.60. The van der Waals surface area contributed by atoms with Crippen molar-refractivity contribution in [2.75, 3.05) is 18.5 Å². The van der Waals surface area contributed by atoms with Crippen LogP contribution in [0.25, 0.3) is 10.9 Å². The molecule has 3 rings (SSSR count). The fraction of sp³-hybridized carbons (Fsp3) is 0.211. The number of halogens is 4. The summed E-state index contributed by atoms with van der Waals surface area (Å²) in [5.74, 6) is -0.471. The lowest BCUT2D eigenvalue weighted by Crippen LogP contribution is -2.25.